The van der Waals surface area contributed by atoms with Crippen LogP contribution < -0.4 is 9.62 Å². The fourth-order valence-corrected chi connectivity index (χ4v) is 5.48. The number of anilines is 1. The molecule has 0 saturated heterocycles. The van der Waals surface area contributed by atoms with Gasteiger partial charge >= 0.3 is 0 Å². The molecule has 0 aliphatic carbocycles. The number of carbonyl (C=O) groups is 2. The van der Waals surface area contributed by atoms with Gasteiger partial charge in [0.1, 0.15) is 12.6 Å². The van der Waals surface area contributed by atoms with Crippen LogP contribution in [0.25, 0.3) is 0 Å². The highest BCUT2D eigenvalue weighted by Crippen LogP contribution is 2.34. The summed E-state index contributed by atoms with van der Waals surface area (Å²) in [7, 11) is -3.94. The average Bonchev–Trinajstić information content (AvgIpc) is 2.87. The minimum atomic E-state index is -3.94. The number of hydrogen-bond acceptors (Lipinski definition) is 4. The van der Waals surface area contributed by atoms with Crippen LogP contribution in [-0.4, -0.2) is 50.5 Å². The zero-order valence-corrected chi connectivity index (χ0v) is 24.8. The van der Waals surface area contributed by atoms with Crippen molar-refractivity contribution in [3.63, 3.8) is 0 Å². The van der Waals surface area contributed by atoms with Gasteiger partial charge in [0.15, 0.2) is 0 Å². The molecule has 0 aliphatic heterocycles. The Bertz CT molecular complexity index is 1370. The minimum absolute atomic E-state index is 0.0106. The molecule has 0 spiro atoms. The molecule has 3 aromatic carbocycles. The molecule has 38 heavy (non-hydrogen) atoms. The van der Waals surface area contributed by atoms with Gasteiger partial charge in [0, 0.05) is 24.0 Å². The Kier molecular flexibility index (Phi) is 10.6. The van der Waals surface area contributed by atoms with Crippen molar-refractivity contribution < 1.29 is 18.0 Å². The molecule has 1 atom stereocenters. The summed E-state index contributed by atoms with van der Waals surface area (Å²) in [4.78, 5) is 28.7. The number of nitrogens with zero attached hydrogens (tertiary/aromatic N) is 2. The highest BCUT2D eigenvalue weighted by atomic mass is 79.9. The van der Waals surface area contributed by atoms with Crippen LogP contribution in [0.2, 0.25) is 10.0 Å². The summed E-state index contributed by atoms with van der Waals surface area (Å²) >= 11 is 15.9. The Hall–Kier alpha value is -2.59. The van der Waals surface area contributed by atoms with E-state index in [9.17, 15) is 18.0 Å². The highest BCUT2D eigenvalue weighted by Gasteiger charge is 2.33. The molecule has 0 aliphatic rings. The maximum atomic E-state index is 13.9. The van der Waals surface area contributed by atoms with E-state index in [0.29, 0.717) is 6.54 Å². The van der Waals surface area contributed by atoms with Crippen LogP contribution in [0.5, 0.6) is 0 Å². The van der Waals surface area contributed by atoms with Crippen LogP contribution >= 0.6 is 39.1 Å². The van der Waals surface area contributed by atoms with Crippen molar-refractivity contribution in [3.05, 3.63) is 98.4 Å². The molecule has 202 valence electrons. The second-order valence-electron chi connectivity index (χ2n) is 8.59. The zero-order chi connectivity index (χ0) is 27.9. The van der Waals surface area contributed by atoms with Crippen molar-refractivity contribution >= 4 is 66.7 Å². The van der Waals surface area contributed by atoms with Crippen LogP contribution in [0.3, 0.4) is 0 Å². The highest BCUT2D eigenvalue weighted by molar-refractivity contribution is 9.10. The van der Waals surface area contributed by atoms with Crippen molar-refractivity contribution in [2.45, 2.75) is 25.9 Å². The summed E-state index contributed by atoms with van der Waals surface area (Å²) in [5.41, 5.74) is 1.71. The standard InChI is InChI=1S/C27H28BrCl2N3O4S/c1-3-31-27(35)24(16-19-8-5-4-6-9-19)32(17-20-12-14-21(28)15-13-20)25(34)18-33(38(2,36)37)23-11-7-10-22(29)26(23)30/h4-15,24H,3,16-18H2,1-2H3,(H,31,35). The van der Waals surface area contributed by atoms with E-state index in [2.05, 4.69) is 21.2 Å². The van der Waals surface area contributed by atoms with E-state index >= 15 is 0 Å². The van der Waals surface area contributed by atoms with Crippen molar-refractivity contribution in [3.8, 4) is 0 Å². The first-order valence-corrected chi connectivity index (χ1v) is 15.2. The molecule has 0 aromatic heterocycles. The van der Waals surface area contributed by atoms with Gasteiger partial charge in [-0.3, -0.25) is 13.9 Å². The average molecular weight is 641 g/mol. The van der Waals surface area contributed by atoms with Crippen molar-refractivity contribution in [1.29, 1.82) is 0 Å². The molecular weight excluding hydrogens is 613 g/mol. The molecule has 1 unspecified atom stereocenters. The van der Waals surface area contributed by atoms with E-state index in [4.69, 9.17) is 23.2 Å². The lowest BCUT2D eigenvalue weighted by atomic mass is 10.0. The summed E-state index contributed by atoms with van der Waals surface area (Å²) in [6.45, 7) is 1.69. The van der Waals surface area contributed by atoms with Gasteiger partial charge in [0.25, 0.3) is 0 Å². The maximum absolute atomic E-state index is 13.9. The summed E-state index contributed by atoms with van der Waals surface area (Å²) < 4.78 is 27.4. The van der Waals surface area contributed by atoms with Gasteiger partial charge in [-0.15, -0.1) is 0 Å². The zero-order valence-electron chi connectivity index (χ0n) is 20.9. The van der Waals surface area contributed by atoms with E-state index in [0.717, 1.165) is 26.2 Å². The molecule has 2 amide bonds. The number of amides is 2. The third-order valence-corrected chi connectivity index (χ3v) is 8.23. The van der Waals surface area contributed by atoms with Crippen molar-refractivity contribution in [2.75, 3.05) is 23.7 Å². The molecule has 7 nitrogen and oxygen atoms in total. The second-order valence-corrected chi connectivity index (χ2v) is 12.2. The van der Waals surface area contributed by atoms with Gasteiger partial charge in [-0.05, 0) is 42.3 Å². The first-order chi connectivity index (χ1) is 18.0. The van der Waals surface area contributed by atoms with Gasteiger partial charge in [-0.25, -0.2) is 8.42 Å². The van der Waals surface area contributed by atoms with Crippen molar-refractivity contribution in [2.24, 2.45) is 0 Å². The Labute approximate surface area is 241 Å². The minimum Gasteiger partial charge on any atom is -0.355 e. The number of carbonyl (C=O) groups excluding carboxylic acids is 2. The van der Waals surface area contributed by atoms with Crippen LogP contribution in [-0.2, 0) is 32.6 Å². The quantitative estimate of drug-likeness (QED) is 0.308. The Morgan fingerprint density at radius 2 is 1.61 bits per heavy atom. The van der Waals surface area contributed by atoms with E-state index < -0.39 is 28.5 Å². The summed E-state index contributed by atoms with van der Waals surface area (Å²) in [6, 6.07) is 20.4. The topological polar surface area (TPSA) is 86.8 Å². The van der Waals surface area contributed by atoms with Gasteiger partial charge in [0.2, 0.25) is 21.8 Å². The summed E-state index contributed by atoms with van der Waals surface area (Å²) in [6.07, 6.45) is 1.23. The van der Waals surface area contributed by atoms with E-state index in [-0.39, 0.29) is 34.6 Å². The molecule has 0 radical (unpaired) electrons. The third kappa shape index (κ3) is 7.96. The lowest BCUT2D eigenvalue weighted by Crippen LogP contribution is -2.53. The fourth-order valence-electron chi connectivity index (χ4n) is 3.91. The van der Waals surface area contributed by atoms with Gasteiger partial charge in [0.05, 0.1) is 22.0 Å². The second kappa shape index (κ2) is 13.5. The van der Waals surface area contributed by atoms with Gasteiger partial charge in [-0.2, -0.15) is 0 Å². The molecular formula is C27H28BrCl2N3O4S. The predicted octanol–water partition coefficient (Wildman–Crippen LogP) is 5.30. The maximum Gasteiger partial charge on any atom is 0.244 e. The monoisotopic (exact) mass is 639 g/mol. The van der Waals surface area contributed by atoms with Gasteiger partial charge in [-0.1, -0.05) is 87.7 Å². The largest absolute Gasteiger partial charge is 0.355 e. The Morgan fingerprint density at radius 3 is 2.21 bits per heavy atom. The van der Waals surface area contributed by atoms with Crippen LogP contribution in [0, 0.1) is 0 Å². The lowest BCUT2D eigenvalue weighted by molar-refractivity contribution is -0.140. The smallest absolute Gasteiger partial charge is 0.244 e. The SMILES string of the molecule is CCNC(=O)C(Cc1ccccc1)N(Cc1ccc(Br)cc1)C(=O)CN(c1cccc(Cl)c1Cl)S(C)(=O)=O. The normalized spacial score (nSPS) is 12.0. The molecule has 0 saturated carbocycles. The lowest BCUT2D eigenvalue weighted by Gasteiger charge is -2.33. The van der Waals surface area contributed by atoms with E-state index in [1.165, 1.54) is 17.0 Å². The molecule has 1 N–H and O–H groups in total. The summed E-state index contributed by atoms with van der Waals surface area (Å²) in [5.74, 6) is -0.907. The molecule has 3 aromatic rings. The Morgan fingerprint density at radius 1 is 0.947 bits per heavy atom. The first-order valence-electron chi connectivity index (χ1n) is 11.8. The van der Waals surface area contributed by atoms with Gasteiger partial charge < -0.3 is 10.2 Å². The van der Waals surface area contributed by atoms with E-state index in [1.54, 1.807) is 13.0 Å². The number of likely N-dealkylation sites (N-methyl/N-ethyl adjacent to an activating group) is 1. The molecule has 11 heteroatoms. The molecule has 0 fully saturated rings. The first kappa shape index (κ1) is 30.0. The number of sulfonamides is 1. The number of benzene rings is 3. The van der Waals surface area contributed by atoms with E-state index in [1.807, 2.05) is 54.6 Å². The van der Waals surface area contributed by atoms with Crippen LogP contribution in [0.15, 0.2) is 77.3 Å². The predicted molar refractivity (Wildman–Crippen MR) is 156 cm³/mol. The number of halogens is 3. The number of rotatable bonds is 11. The van der Waals surface area contributed by atoms with Crippen molar-refractivity contribution in [1.82, 2.24) is 10.2 Å². The summed E-state index contributed by atoms with van der Waals surface area (Å²) in [5, 5.41) is 2.98. The number of hydrogen-bond donors (Lipinski definition) is 1. The molecule has 0 heterocycles. The number of nitrogens with one attached hydrogen (secondary N) is 1. The fraction of sp³-hybridized carbons (Fsp3) is 0.259. The molecule has 3 rings (SSSR count). The Balaban J connectivity index is 2.06. The molecule has 0 bridgehead atoms. The third-order valence-electron chi connectivity index (χ3n) is 5.77. The van der Waals surface area contributed by atoms with Crippen LogP contribution in [0.4, 0.5) is 5.69 Å². The van der Waals surface area contributed by atoms with Crippen LogP contribution in [0.1, 0.15) is 18.1 Å².